The smallest absolute Gasteiger partial charge is 0.341 e. The Morgan fingerprint density at radius 2 is 2.06 bits per heavy atom. The van der Waals surface area contributed by atoms with E-state index in [1.54, 1.807) is 18.4 Å². The fourth-order valence-electron chi connectivity index (χ4n) is 3.13. The molecular weight excluding hydrogens is 452 g/mol. The van der Waals surface area contributed by atoms with Crippen LogP contribution in [0, 0.1) is 10.1 Å². The number of thiophene rings is 1. The summed E-state index contributed by atoms with van der Waals surface area (Å²) in [5.74, 6) is -1.10. The molecule has 0 bridgehead atoms. The Labute approximate surface area is 189 Å². The number of anilines is 1. The summed E-state index contributed by atoms with van der Waals surface area (Å²) in [6, 6.07) is 7.48. The number of esters is 1. The van der Waals surface area contributed by atoms with Crippen molar-refractivity contribution in [3.05, 3.63) is 74.3 Å². The van der Waals surface area contributed by atoms with Crippen molar-refractivity contribution in [3.63, 3.8) is 0 Å². The van der Waals surface area contributed by atoms with E-state index < -0.39 is 22.4 Å². The Kier molecular flexibility index (Phi) is 5.95. The molecule has 1 amide bonds. The van der Waals surface area contributed by atoms with E-state index >= 15 is 0 Å². The highest BCUT2D eigenvalue weighted by Crippen LogP contribution is 2.25. The molecule has 0 atom stereocenters. The number of hydrogen-bond acceptors (Lipinski definition) is 9. The first-order chi connectivity index (χ1) is 15.9. The Hall–Kier alpha value is -4.39. The number of nitro groups is 1. The van der Waals surface area contributed by atoms with Crippen LogP contribution in [0.1, 0.15) is 17.3 Å². The maximum atomic E-state index is 12.9. The highest BCUT2D eigenvalue weighted by atomic mass is 32.1. The molecule has 3 aromatic heterocycles. The van der Waals surface area contributed by atoms with Gasteiger partial charge in [-0.25, -0.2) is 14.5 Å². The molecule has 4 rings (SSSR count). The summed E-state index contributed by atoms with van der Waals surface area (Å²) < 4.78 is 7.24. The number of carbonyl (C=O) groups excluding carboxylic acids is 2. The van der Waals surface area contributed by atoms with Gasteiger partial charge in [0, 0.05) is 6.07 Å². The van der Waals surface area contributed by atoms with Gasteiger partial charge in [0.25, 0.3) is 11.2 Å². The summed E-state index contributed by atoms with van der Waals surface area (Å²) in [6.45, 7) is 1.51. The molecule has 0 saturated heterocycles. The lowest BCUT2D eigenvalue weighted by Crippen LogP contribution is -2.28. The van der Waals surface area contributed by atoms with Crippen molar-refractivity contribution in [1.29, 1.82) is 0 Å². The summed E-state index contributed by atoms with van der Waals surface area (Å²) in [5, 5.41) is 20.1. The molecule has 4 aromatic rings. The normalized spacial score (nSPS) is 10.8. The van der Waals surface area contributed by atoms with Gasteiger partial charge in [-0.2, -0.15) is 5.10 Å². The summed E-state index contributed by atoms with van der Waals surface area (Å²) in [5.41, 5.74) is -0.238. The minimum absolute atomic E-state index is 0.0896. The predicted molar refractivity (Wildman–Crippen MR) is 119 cm³/mol. The lowest BCUT2D eigenvalue weighted by molar-refractivity contribution is -0.384. The van der Waals surface area contributed by atoms with Gasteiger partial charge in [0.1, 0.15) is 28.9 Å². The number of hydrogen-bond donors (Lipinski definition) is 1. The van der Waals surface area contributed by atoms with E-state index in [1.807, 2.05) is 0 Å². The number of benzene rings is 1. The highest BCUT2D eigenvalue weighted by molar-refractivity contribution is 7.14. The molecule has 0 radical (unpaired) electrons. The number of amides is 1. The average Bonchev–Trinajstić information content (AvgIpc) is 3.43. The van der Waals surface area contributed by atoms with Gasteiger partial charge in [0.2, 0.25) is 5.91 Å². The summed E-state index contributed by atoms with van der Waals surface area (Å²) in [6.07, 6.45) is 2.41. The first-order valence-corrected chi connectivity index (χ1v) is 10.5. The predicted octanol–water partition coefficient (Wildman–Crippen LogP) is 2.37. The van der Waals surface area contributed by atoms with Crippen molar-refractivity contribution >= 4 is 44.9 Å². The Bertz CT molecular complexity index is 1440. The number of nitrogens with zero attached hydrogens (tertiary/aromatic N) is 5. The van der Waals surface area contributed by atoms with Gasteiger partial charge in [0.15, 0.2) is 5.65 Å². The van der Waals surface area contributed by atoms with Crippen molar-refractivity contribution in [2.45, 2.75) is 13.5 Å². The largest absolute Gasteiger partial charge is 0.462 e. The molecule has 0 spiro atoms. The highest BCUT2D eigenvalue weighted by Gasteiger charge is 2.20. The number of fused-ring (bicyclic) bond motifs is 1. The zero-order valence-electron chi connectivity index (χ0n) is 17.1. The van der Waals surface area contributed by atoms with Crippen molar-refractivity contribution in [1.82, 2.24) is 19.3 Å². The summed E-state index contributed by atoms with van der Waals surface area (Å²) in [4.78, 5) is 52.3. The summed E-state index contributed by atoms with van der Waals surface area (Å²) >= 11 is 1.15. The van der Waals surface area contributed by atoms with Gasteiger partial charge >= 0.3 is 5.97 Å². The fraction of sp³-hybridized carbons (Fsp3) is 0.150. The molecule has 0 aliphatic rings. The van der Waals surface area contributed by atoms with E-state index in [9.17, 15) is 24.5 Å². The van der Waals surface area contributed by atoms with Crippen LogP contribution in [0.3, 0.4) is 0 Å². The van der Waals surface area contributed by atoms with Crippen molar-refractivity contribution in [2.75, 3.05) is 11.9 Å². The van der Waals surface area contributed by atoms with Gasteiger partial charge < -0.3 is 10.1 Å². The minimum Gasteiger partial charge on any atom is -0.462 e. The lowest BCUT2D eigenvalue weighted by Gasteiger charge is -2.08. The number of rotatable bonds is 7. The van der Waals surface area contributed by atoms with Crippen LogP contribution in [0.5, 0.6) is 0 Å². The van der Waals surface area contributed by atoms with Crippen LogP contribution >= 0.6 is 11.3 Å². The van der Waals surface area contributed by atoms with E-state index in [1.165, 1.54) is 35.1 Å². The summed E-state index contributed by atoms with van der Waals surface area (Å²) in [7, 11) is 0. The van der Waals surface area contributed by atoms with E-state index in [4.69, 9.17) is 4.74 Å². The molecule has 1 aromatic carbocycles. The molecule has 168 valence electrons. The second-order valence-electron chi connectivity index (χ2n) is 6.65. The van der Waals surface area contributed by atoms with Crippen molar-refractivity contribution in [2.24, 2.45) is 0 Å². The third kappa shape index (κ3) is 4.21. The molecule has 0 saturated carbocycles. The van der Waals surface area contributed by atoms with E-state index in [2.05, 4.69) is 15.4 Å². The Morgan fingerprint density at radius 1 is 1.27 bits per heavy atom. The molecule has 13 heteroatoms. The number of nitro benzene ring substituents is 1. The molecule has 3 heterocycles. The van der Waals surface area contributed by atoms with Gasteiger partial charge in [-0.15, -0.1) is 11.3 Å². The number of aromatic nitrogens is 4. The standard InChI is InChI=1S/C20H16N6O6S/c1-2-32-20(29)12-7-8-33-18(12)23-16(27)10-24-11-21-17-13(19(24)28)9-22-25(17)14-5-3-4-6-15(14)26(30)31/h3-9,11H,2,10H2,1H3,(H,23,27). The fourth-order valence-corrected chi connectivity index (χ4v) is 3.92. The number of para-hydroxylation sites is 2. The monoisotopic (exact) mass is 468 g/mol. The third-order valence-electron chi connectivity index (χ3n) is 4.59. The zero-order chi connectivity index (χ0) is 23.5. The Balaban J connectivity index is 1.60. The first kappa shape index (κ1) is 21.8. The minimum atomic E-state index is -0.559. The second kappa shape index (κ2) is 9.00. The average molecular weight is 468 g/mol. The van der Waals surface area contributed by atoms with Crippen LogP contribution in [0.15, 0.2) is 53.0 Å². The molecule has 0 fully saturated rings. The van der Waals surface area contributed by atoms with Gasteiger partial charge in [-0.3, -0.25) is 24.3 Å². The van der Waals surface area contributed by atoms with E-state index in [0.29, 0.717) is 5.00 Å². The molecule has 0 aliphatic carbocycles. The van der Waals surface area contributed by atoms with Crippen LogP contribution < -0.4 is 10.9 Å². The maximum absolute atomic E-state index is 12.9. The maximum Gasteiger partial charge on any atom is 0.341 e. The molecule has 1 N–H and O–H groups in total. The second-order valence-corrected chi connectivity index (χ2v) is 7.57. The van der Waals surface area contributed by atoms with Crippen LogP contribution in [-0.4, -0.2) is 42.7 Å². The molecular formula is C20H16N6O6S. The van der Waals surface area contributed by atoms with E-state index in [-0.39, 0.29) is 41.1 Å². The van der Waals surface area contributed by atoms with Crippen LogP contribution in [0.4, 0.5) is 10.7 Å². The topological polar surface area (TPSA) is 151 Å². The van der Waals surface area contributed by atoms with Gasteiger partial charge in [-0.05, 0) is 24.4 Å². The van der Waals surface area contributed by atoms with Crippen LogP contribution in [0.25, 0.3) is 16.7 Å². The Morgan fingerprint density at radius 3 is 2.82 bits per heavy atom. The van der Waals surface area contributed by atoms with Crippen LogP contribution in [-0.2, 0) is 16.1 Å². The van der Waals surface area contributed by atoms with E-state index in [0.717, 1.165) is 22.2 Å². The third-order valence-corrected chi connectivity index (χ3v) is 5.42. The lowest BCUT2D eigenvalue weighted by atomic mass is 10.2. The molecule has 0 aliphatic heterocycles. The SMILES string of the molecule is CCOC(=O)c1ccsc1NC(=O)Cn1cnc2c(cnn2-c2ccccc2[N+](=O)[O-])c1=O. The van der Waals surface area contributed by atoms with Crippen LogP contribution in [0.2, 0.25) is 0 Å². The zero-order valence-corrected chi connectivity index (χ0v) is 17.9. The number of nitrogens with one attached hydrogen (secondary N) is 1. The quantitative estimate of drug-likeness (QED) is 0.247. The number of carbonyl (C=O) groups is 2. The first-order valence-electron chi connectivity index (χ1n) is 9.62. The molecule has 12 nitrogen and oxygen atoms in total. The van der Waals surface area contributed by atoms with Gasteiger partial charge in [0.05, 0.1) is 23.3 Å². The molecule has 33 heavy (non-hydrogen) atoms. The van der Waals surface area contributed by atoms with Gasteiger partial charge in [-0.1, -0.05) is 12.1 Å². The number of ether oxygens (including phenoxy) is 1. The van der Waals surface area contributed by atoms with Crippen molar-refractivity contribution < 1.29 is 19.2 Å². The van der Waals surface area contributed by atoms with Crippen molar-refractivity contribution in [3.8, 4) is 5.69 Å². The molecule has 0 unspecified atom stereocenters.